The first kappa shape index (κ1) is 10.7. The van der Waals surface area contributed by atoms with Gasteiger partial charge in [0.25, 0.3) is 0 Å². The second-order valence-corrected chi connectivity index (χ2v) is 4.50. The van der Waals surface area contributed by atoms with Crippen LogP contribution in [-0.2, 0) is 6.42 Å². The maximum atomic E-state index is 5.32. The van der Waals surface area contributed by atoms with Crippen molar-refractivity contribution >= 4 is 11.1 Å². The Morgan fingerprint density at radius 3 is 3.06 bits per heavy atom. The van der Waals surface area contributed by atoms with E-state index in [4.69, 9.17) is 4.42 Å². The molecule has 17 heavy (non-hydrogen) atoms. The van der Waals surface area contributed by atoms with Gasteiger partial charge in [0, 0.05) is 32.7 Å². The van der Waals surface area contributed by atoms with Crippen molar-refractivity contribution in [2.45, 2.75) is 6.42 Å². The zero-order chi connectivity index (χ0) is 11.5. The third-order valence-electron chi connectivity index (χ3n) is 3.32. The summed E-state index contributed by atoms with van der Waals surface area (Å²) in [4.78, 5) is 6.63. The quantitative estimate of drug-likeness (QED) is 0.864. The SMILES string of the molecule is c1nc2ccc(CCN3CCNCC3)cc2o1. The number of benzene rings is 1. The largest absolute Gasteiger partial charge is 0.443 e. The number of aromatic nitrogens is 1. The fourth-order valence-corrected chi connectivity index (χ4v) is 2.28. The number of nitrogens with zero attached hydrogens (tertiary/aromatic N) is 2. The van der Waals surface area contributed by atoms with Gasteiger partial charge >= 0.3 is 0 Å². The van der Waals surface area contributed by atoms with Gasteiger partial charge in [0.1, 0.15) is 5.52 Å². The summed E-state index contributed by atoms with van der Waals surface area (Å²) in [6.07, 6.45) is 2.58. The Labute approximate surface area is 101 Å². The van der Waals surface area contributed by atoms with Gasteiger partial charge < -0.3 is 14.6 Å². The summed E-state index contributed by atoms with van der Waals surface area (Å²) in [6.45, 7) is 5.67. The van der Waals surface area contributed by atoms with Crippen LogP contribution < -0.4 is 5.32 Å². The van der Waals surface area contributed by atoms with Crippen LogP contribution in [0.5, 0.6) is 0 Å². The maximum absolute atomic E-state index is 5.32. The Morgan fingerprint density at radius 2 is 2.18 bits per heavy atom. The molecule has 0 unspecified atom stereocenters. The normalized spacial score (nSPS) is 17.6. The predicted molar refractivity (Wildman–Crippen MR) is 67.0 cm³/mol. The van der Waals surface area contributed by atoms with Crippen LogP contribution in [0, 0.1) is 0 Å². The van der Waals surface area contributed by atoms with E-state index >= 15 is 0 Å². The molecule has 4 nitrogen and oxygen atoms in total. The van der Waals surface area contributed by atoms with Crippen molar-refractivity contribution in [3.8, 4) is 0 Å². The van der Waals surface area contributed by atoms with Crippen molar-refractivity contribution in [2.75, 3.05) is 32.7 Å². The Balaban J connectivity index is 1.63. The fourth-order valence-electron chi connectivity index (χ4n) is 2.28. The molecule has 0 bridgehead atoms. The second kappa shape index (κ2) is 4.85. The van der Waals surface area contributed by atoms with E-state index in [-0.39, 0.29) is 0 Å². The molecular formula is C13H17N3O. The van der Waals surface area contributed by atoms with E-state index in [0.29, 0.717) is 0 Å². The highest BCUT2D eigenvalue weighted by molar-refractivity contribution is 5.72. The van der Waals surface area contributed by atoms with E-state index in [1.165, 1.54) is 12.0 Å². The first-order chi connectivity index (χ1) is 8.42. The number of piperazine rings is 1. The summed E-state index contributed by atoms with van der Waals surface area (Å²) >= 11 is 0. The fraction of sp³-hybridized carbons (Fsp3) is 0.462. The zero-order valence-corrected chi connectivity index (χ0v) is 9.85. The van der Waals surface area contributed by atoms with Crippen LogP contribution in [0.3, 0.4) is 0 Å². The minimum Gasteiger partial charge on any atom is -0.443 e. The van der Waals surface area contributed by atoms with Crippen molar-refractivity contribution in [3.63, 3.8) is 0 Å². The maximum Gasteiger partial charge on any atom is 0.181 e. The number of hydrogen-bond acceptors (Lipinski definition) is 4. The summed E-state index contributed by atoms with van der Waals surface area (Å²) in [5.74, 6) is 0. The molecule has 0 saturated carbocycles. The van der Waals surface area contributed by atoms with Gasteiger partial charge in [-0.3, -0.25) is 0 Å². The lowest BCUT2D eigenvalue weighted by Gasteiger charge is -2.27. The molecule has 1 aromatic carbocycles. The highest BCUT2D eigenvalue weighted by atomic mass is 16.3. The highest BCUT2D eigenvalue weighted by Gasteiger charge is 2.09. The van der Waals surface area contributed by atoms with Gasteiger partial charge in [-0.15, -0.1) is 0 Å². The number of nitrogens with one attached hydrogen (secondary N) is 1. The van der Waals surface area contributed by atoms with E-state index in [9.17, 15) is 0 Å². The summed E-state index contributed by atoms with van der Waals surface area (Å²) in [7, 11) is 0. The van der Waals surface area contributed by atoms with Crippen molar-refractivity contribution < 1.29 is 4.42 Å². The molecule has 0 radical (unpaired) electrons. The molecule has 90 valence electrons. The Kier molecular flexibility index (Phi) is 3.07. The van der Waals surface area contributed by atoms with Crippen LogP contribution in [0.1, 0.15) is 5.56 Å². The Morgan fingerprint density at radius 1 is 1.29 bits per heavy atom. The number of hydrogen-bond donors (Lipinski definition) is 1. The number of oxazole rings is 1. The molecule has 1 aliphatic heterocycles. The van der Waals surface area contributed by atoms with E-state index in [2.05, 4.69) is 27.3 Å². The van der Waals surface area contributed by atoms with Crippen molar-refractivity contribution in [2.24, 2.45) is 0 Å². The Bertz CT molecular complexity index is 488. The molecule has 3 rings (SSSR count). The van der Waals surface area contributed by atoms with Gasteiger partial charge in [-0.2, -0.15) is 0 Å². The van der Waals surface area contributed by atoms with Crippen molar-refractivity contribution in [1.82, 2.24) is 15.2 Å². The van der Waals surface area contributed by atoms with E-state index in [1.54, 1.807) is 0 Å². The number of fused-ring (bicyclic) bond motifs is 1. The first-order valence-corrected chi connectivity index (χ1v) is 6.17. The molecule has 0 spiro atoms. The monoisotopic (exact) mass is 231 g/mol. The van der Waals surface area contributed by atoms with Gasteiger partial charge in [0.05, 0.1) is 0 Å². The highest BCUT2D eigenvalue weighted by Crippen LogP contribution is 2.14. The smallest absolute Gasteiger partial charge is 0.181 e. The van der Waals surface area contributed by atoms with Crippen LogP contribution >= 0.6 is 0 Å². The van der Waals surface area contributed by atoms with Gasteiger partial charge in [0.15, 0.2) is 12.0 Å². The van der Waals surface area contributed by atoms with E-state index < -0.39 is 0 Å². The van der Waals surface area contributed by atoms with E-state index in [0.717, 1.165) is 50.2 Å². The molecule has 1 aliphatic rings. The van der Waals surface area contributed by atoms with Gasteiger partial charge in [0.2, 0.25) is 0 Å². The zero-order valence-electron chi connectivity index (χ0n) is 9.85. The van der Waals surface area contributed by atoms with Gasteiger partial charge in [-0.1, -0.05) is 6.07 Å². The van der Waals surface area contributed by atoms with Crippen molar-refractivity contribution in [3.05, 3.63) is 30.2 Å². The molecule has 0 aliphatic carbocycles. The van der Waals surface area contributed by atoms with Crippen molar-refractivity contribution in [1.29, 1.82) is 0 Å². The molecule has 4 heteroatoms. The minimum absolute atomic E-state index is 0.891. The lowest BCUT2D eigenvalue weighted by molar-refractivity contribution is 0.244. The standard InChI is InChI=1S/C13H17N3O/c1-2-12-13(17-10-15-12)9-11(1)3-6-16-7-4-14-5-8-16/h1-2,9-10,14H,3-8H2. The second-order valence-electron chi connectivity index (χ2n) is 4.50. The van der Waals surface area contributed by atoms with Gasteiger partial charge in [-0.05, 0) is 24.1 Å². The summed E-state index contributed by atoms with van der Waals surface area (Å²) < 4.78 is 5.32. The minimum atomic E-state index is 0.891. The summed E-state index contributed by atoms with van der Waals surface area (Å²) in [6, 6.07) is 6.28. The third-order valence-corrected chi connectivity index (χ3v) is 3.32. The molecule has 2 aromatic rings. The van der Waals surface area contributed by atoms with E-state index in [1.807, 2.05) is 6.07 Å². The Hall–Kier alpha value is -1.39. The molecule has 1 saturated heterocycles. The predicted octanol–water partition coefficient (Wildman–Crippen LogP) is 1.28. The lowest BCUT2D eigenvalue weighted by Crippen LogP contribution is -2.44. The molecule has 1 aromatic heterocycles. The molecule has 1 fully saturated rings. The van der Waals surface area contributed by atoms with Crippen LogP contribution in [0.4, 0.5) is 0 Å². The molecule has 0 atom stereocenters. The van der Waals surface area contributed by atoms with Gasteiger partial charge in [-0.25, -0.2) is 4.98 Å². The summed E-state index contributed by atoms with van der Waals surface area (Å²) in [5, 5.41) is 3.37. The summed E-state index contributed by atoms with van der Waals surface area (Å²) in [5.41, 5.74) is 3.16. The lowest BCUT2D eigenvalue weighted by atomic mass is 10.1. The average molecular weight is 231 g/mol. The molecule has 2 heterocycles. The molecule has 1 N–H and O–H groups in total. The third kappa shape index (κ3) is 2.48. The molecule has 0 amide bonds. The van der Waals surface area contributed by atoms with Crippen LogP contribution in [-0.4, -0.2) is 42.6 Å². The van der Waals surface area contributed by atoms with Crippen LogP contribution in [0.15, 0.2) is 29.0 Å². The average Bonchev–Trinajstić information content (AvgIpc) is 2.85. The van der Waals surface area contributed by atoms with Crippen LogP contribution in [0.25, 0.3) is 11.1 Å². The first-order valence-electron chi connectivity index (χ1n) is 6.17. The molecular weight excluding hydrogens is 214 g/mol. The number of rotatable bonds is 3. The van der Waals surface area contributed by atoms with Crippen LogP contribution in [0.2, 0.25) is 0 Å². The topological polar surface area (TPSA) is 41.3 Å².